The van der Waals surface area contributed by atoms with Gasteiger partial charge in [-0.3, -0.25) is 4.79 Å². The molecule has 1 atom stereocenters. The third-order valence-corrected chi connectivity index (χ3v) is 2.52. The Kier molecular flexibility index (Phi) is 2.56. The highest BCUT2D eigenvalue weighted by Gasteiger charge is 2.14. The van der Waals surface area contributed by atoms with Crippen LogP contribution in [0.1, 0.15) is 23.7 Å². The van der Waals surface area contributed by atoms with Gasteiger partial charge in [-0.25, -0.2) is 0 Å². The van der Waals surface area contributed by atoms with Crippen molar-refractivity contribution in [3.8, 4) is 0 Å². The summed E-state index contributed by atoms with van der Waals surface area (Å²) in [6, 6.07) is 6.85. The Morgan fingerprint density at radius 3 is 3.00 bits per heavy atom. The molecular weight excluding hydrogens is 190 g/mol. The van der Waals surface area contributed by atoms with Crippen molar-refractivity contribution in [3.05, 3.63) is 36.1 Å². The van der Waals surface area contributed by atoms with Crippen LogP contribution in [0, 0.1) is 0 Å². The third kappa shape index (κ3) is 1.78. The van der Waals surface area contributed by atoms with Crippen molar-refractivity contribution in [2.75, 3.05) is 0 Å². The molecule has 0 radical (unpaired) electrons. The fourth-order valence-corrected chi connectivity index (χ4v) is 1.51. The highest BCUT2D eigenvalue weighted by molar-refractivity contribution is 6.02. The average molecular weight is 203 g/mol. The van der Waals surface area contributed by atoms with Crippen molar-refractivity contribution in [2.24, 2.45) is 5.73 Å². The van der Waals surface area contributed by atoms with Crippen LogP contribution in [0.2, 0.25) is 0 Å². The highest BCUT2D eigenvalue weighted by Crippen LogP contribution is 2.17. The second-order valence-corrected chi connectivity index (χ2v) is 3.55. The van der Waals surface area contributed by atoms with Crippen LogP contribution in [-0.2, 0) is 0 Å². The molecule has 0 aliphatic carbocycles. The first-order chi connectivity index (χ1) is 7.22. The normalized spacial score (nSPS) is 12.9. The predicted molar refractivity (Wildman–Crippen MR) is 58.8 cm³/mol. The van der Waals surface area contributed by atoms with Gasteiger partial charge in [-0.05, 0) is 18.6 Å². The molecule has 3 nitrogen and oxygen atoms in total. The van der Waals surface area contributed by atoms with E-state index in [2.05, 4.69) is 0 Å². The van der Waals surface area contributed by atoms with Crippen molar-refractivity contribution in [1.82, 2.24) is 0 Å². The van der Waals surface area contributed by atoms with Crippen LogP contribution >= 0.6 is 0 Å². The number of benzene rings is 1. The SMILES string of the molecule is CCC(N)C(=O)c1ccc2ccoc2c1. The van der Waals surface area contributed by atoms with E-state index in [0.717, 1.165) is 11.0 Å². The zero-order chi connectivity index (χ0) is 10.8. The largest absolute Gasteiger partial charge is 0.464 e. The maximum absolute atomic E-state index is 11.8. The Balaban J connectivity index is 2.39. The van der Waals surface area contributed by atoms with Gasteiger partial charge in [0.15, 0.2) is 5.78 Å². The number of nitrogens with two attached hydrogens (primary N) is 1. The second-order valence-electron chi connectivity index (χ2n) is 3.55. The molecule has 2 rings (SSSR count). The third-order valence-electron chi connectivity index (χ3n) is 2.52. The standard InChI is InChI=1S/C12H13NO2/c1-2-10(13)12(14)9-4-3-8-5-6-15-11(8)7-9/h3-7,10H,2,13H2,1H3. The van der Waals surface area contributed by atoms with Crippen LogP contribution in [0.15, 0.2) is 34.9 Å². The monoisotopic (exact) mass is 203 g/mol. The molecule has 0 saturated carbocycles. The molecule has 1 heterocycles. The van der Waals surface area contributed by atoms with Gasteiger partial charge in [0.2, 0.25) is 0 Å². The summed E-state index contributed by atoms with van der Waals surface area (Å²) in [6.07, 6.45) is 2.26. The average Bonchev–Trinajstić information content (AvgIpc) is 2.73. The molecule has 2 aromatic rings. The van der Waals surface area contributed by atoms with E-state index < -0.39 is 6.04 Å². The van der Waals surface area contributed by atoms with Gasteiger partial charge in [-0.15, -0.1) is 0 Å². The summed E-state index contributed by atoms with van der Waals surface area (Å²) in [5.41, 5.74) is 7.03. The van der Waals surface area contributed by atoms with Crippen molar-refractivity contribution < 1.29 is 9.21 Å². The summed E-state index contributed by atoms with van der Waals surface area (Å²) in [5, 5.41) is 0.997. The summed E-state index contributed by atoms with van der Waals surface area (Å²) in [5.74, 6) is -0.0317. The number of rotatable bonds is 3. The first-order valence-corrected chi connectivity index (χ1v) is 4.99. The van der Waals surface area contributed by atoms with E-state index in [1.165, 1.54) is 0 Å². The fourth-order valence-electron chi connectivity index (χ4n) is 1.51. The van der Waals surface area contributed by atoms with Crippen LogP contribution in [0.4, 0.5) is 0 Å². The fraction of sp³-hybridized carbons (Fsp3) is 0.250. The van der Waals surface area contributed by atoms with E-state index in [4.69, 9.17) is 10.2 Å². The van der Waals surface area contributed by atoms with E-state index in [0.29, 0.717) is 12.0 Å². The lowest BCUT2D eigenvalue weighted by molar-refractivity contribution is 0.0959. The van der Waals surface area contributed by atoms with Crippen LogP contribution in [0.3, 0.4) is 0 Å². The number of Topliss-reactive ketones (excluding diaryl/α,β-unsaturated/α-hetero) is 1. The van der Waals surface area contributed by atoms with Gasteiger partial charge in [0.25, 0.3) is 0 Å². The highest BCUT2D eigenvalue weighted by atomic mass is 16.3. The molecule has 15 heavy (non-hydrogen) atoms. The number of furan rings is 1. The van der Waals surface area contributed by atoms with Gasteiger partial charge in [0.05, 0.1) is 12.3 Å². The molecule has 0 bridgehead atoms. The number of hydrogen-bond acceptors (Lipinski definition) is 3. The van der Waals surface area contributed by atoms with E-state index in [1.54, 1.807) is 18.4 Å². The van der Waals surface area contributed by atoms with Crippen molar-refractivity contribution in [2.45, 2.75) is 19.4 Å². The minimum atomic E-state index is -0.419. The van der Waals surface area contributed by atoms with Gasteiger partial charge in [0, 0.05) is 10.9 Å². The van der Waals surface area contributed by atoms with E-state index in [-0.39, 0.29) is 5.78 Å². The van der Waals surface area contributed by atoms with E-state index >= 15 is 0 Å². The molecule has 3 heteroatoms. The summed E-state index contributed by atoms with van der Waals surface area (Å²) in [7, 11) is 0. The Morgan fingerprint density at radius 1 is 1.47 bits per heavy atom. The number of hydrogen-bond donors (Lipinski definition) is 1. The summed E-state index contributed by atoms with van der Waals surface area (Å²) in [4.78, 5) is 11.8. The van der Waals surface area contributed by atoms with Gasteiger partial charge < -0.3 is 10.2 Å². The van der Waals surface area contributed by atoms with Gasteiger partial charge in [0.1, 0.15) is 5.58 Å². The Hall–Kier alpha value is -1.61. The van der Waals surface area contributed by atoms with Crippen LogP contribution in [0.5, 0.6) is 0 Å². The number of fused-ring (bicyclic) bond motifs is 1. The Morgan fingerprint density at radius 2 is 2.27 bits per heavy atom. The molecule has 1 aromatic carbocycles. The van der Waals surface area contributed by atoms with Gasteiger partial charge in [-0.1, -0.05) is 19.1 Å². The molecule has 0 fully saturated rings. The Labute approximate surface area is 87.9 Å². The zero-order valence-electron chi connectivity index (χ0n) is 8.57. The minimum absolute atomic E-state index is 0.0317. The minimum Gasteiger partial charge on any atom is -0.464 e. The van der Waals surface area contributed by atoms with E-state index in [1.807, 2.05) is 19.1 Å². The van der Waals surface area contributed by atoms with Gasteiger partial charge >= 0.3 is 0 Å². The maximum atomic E-state index is 11.8. The van der Waals surface area contributed by atoms with Crippen molar-refractivity contribution in [1.29, 1.82) is 0 Å². The van der Waals surface area contributed by atoms with Crippen LogP contribution < -0.4 is 5.73 Å². The quantitative estimate of drug-likeness (QED) is 0.779. The van der Waals surface area contributed by atoms with Crippen molar-refractivity contribution in [3.63, 3.8) is 0 Å². The first-order valence-electron chi connectivity index (χ1n) is 4.99. The molecule has 2 N–H and O–H groups in total. The smallest absolute Gasteiger partial charge is 0.179 e. The molecule has 0 aliphatic rings. The lowest BCUT2D eigenvalue weighted by Gasteiger charge is -2.06. The molecule has 78 valence electrons. The van der Waals surface area contributed by atoms with Crippen LogP contribution in [-0.4, -0.2) is 11.8 Å². The molecule has 1 aromatic heterocycles. The molecular formula is C12H13NO2. The van der Waals surface area contributed by atoms with Gasteiger partial charge in [-0.2, -0.15) is 0 Å². The predicted octanol–water partition coefficient (Wildman–Crippen LogP) is 2.35. The topological polar surface area (TPSA) is 56.2 Å². The number of ketones is 1. The summed E-state index contributed by atoms with van der Waals surface area (Å²) in [6.45, 7) is 1.90. The van der Waals surface area contributed by atoms with Crippen LogP contribution in [0.25, 0.3) is 11.0 Å². The number of carbonyl (C=O) groups excluding carboxylic acids is 1. The molecule has 0 saturated heterocycles. The molecule has 0 spiro atoms. The second kappa shape index (κ2) is 3.87. The molecule has 0 aliphatic heterocycles. The summed E-state index contributed by atoms with van der Waals surface area (Å²) < 4.78 is 5.23. The van der Waals surface area contributed by atoms with Crippen molar-refractivity contribution >= 4 is 16.8 Å². The van der Waals surface area contributed by atoms with E-state index in [9.17, 15) is 4.79 Å². The maximum Gasteiger partial charge on any atom is 0.179 e. The zero-order valence-corrected chi connectivity index (χ0v) is 8.57. The number of carbonyl (C=O) groups is 1. The Bertz CT molecular complexity index is 487. The molecule has 1 unspecified atom stereocenters. The summed E-state index contributed by atoms with van der Waals surface area (Å²) >= 11 is 0. The lowest BCUT2D eigenvalue weighted by atomic mass is 10.0. The lowest BCUT2D eigenvalue weighted by Crippen LogP contribution is -2.29. The molecule has 0 amide bonds. The first kappa shape index (κ1) is 9.93.